The maximum atomic E-state index is 10.5. The molecule has 0 spiro atoms. The molecule has 0 amide bonds. The smallest absolute Gasteiger partial charge is 0.187 e. The Morgan fingerprint density at radius 3 is 2.28 bits per heavy atom. The van der Waals surface area contributed by atoms with E-state index in [4.69, 9.17) is 19.7 Å². The lowest BCUT2D eigenvalue weighted by Gasteiger charge is -2.40. The highest BCUT2D eigenvalue weighted by Gasteiger charge is 2.44. The second kappa shape index (κ2) is 6.38. The van der Waals surface area contributed by atoms with Gasteiger partial charge in [-0.1, -0.05) is 0 Å². The van der Waals surface area contributed by atoms with E-state index in [1.807, 2.05) is 0 Å². The molecule has 1 saturated heterocycles. The zero-order valence-electron chi connectivity index (χ0n) is 9.25. The van der Waals surface area contributed by atoms with Crippen molar-refractivity contribution in [3.05, 3.63) is 0 Å². The number of hydrogen-bond donors (Lipinski definition) is 5. The number of aliphatic hydroxyl groups excluding tert-OH is 5. The maximum Gasteiger partial charge on any atom is 0.187 e. The number of rotatable bonds is 5. The number of aliphatic carboxylic acids is 1. The van der Waals surface area contributed by atoms with Gasteiger partial charge in [-0.05, 0) is 0 Å². The molecule has 0 aromatic heterocycles. The molecule has 0 saturated carbocycles. The molecule has 6 atom stereocenters. The molecule has 0 aromatic rings. The van der Waals surface area contributed by atoms with Gasteiger partial charge >= 0.3 is 0 Å². The molecule has 0 radical (unpaired) electrons. The van der Waals surface area contributed by atoms with Crippen molar-refractivity contribution in [3.63, 3.8) is 0 Å². The predicted octanol–water partition coefficient (Wildman–Crippen LogP) is -5.09. The molecule has 9 nitrogen and oxygen atoms in total. The van der Waals surface area contributed by atoms with Crippen LogP contribution in [0.25, 0.3) is 0 Å². The highest BCUT2D eigenvalue weighted by Crippen LogP contribution is 2.22. The molecule has 0 bridgehead atoms. The summed E-state index contributed by atoms with van der Waals surface area (Å²) in [5, 5.41) is 56.4. The summed E-state index contributed by atoms with van der Waals surface area (Å²) in [5.74, 6) is -1.73. The Morgan fingerprint density at radius 1 is 1.22 bits per heavy atom. The summed E-state index contributed by atoms with van der Waals surface area (Å²) >= 11 is 0. The van der Waals surface area contributed by atoms with Crippen LogP contribution in [0.1, 0.15) is 0 Å². The fourth-order valence-electron chi connectivity index (χ4n) is 1.51. The van der Waals surface area contributed by atoms with Crippen molar-refractivity contribution in [3.8, 4) is 0 Å². The Morgan fingerprint density at radius 2 is 1.83 bits per heavy atom. The molecule has 18 heavy (non-hydrogen) atoms. The highest BCUT2D eigenvalue weighted by atomic mass is 16.7. The van der Waals surface area contributed by atoms with Crippen molar-refractivity contribution in [2.24, 2.45) is 0 Å². The SMILES string of the molecule is O=C([O-])[C@@H](CO)O[C@@H]1OC(CO)[C@H](O)[C@H](O)C1O. The predicted molar refractivity (Wildman–Crippen MR) is 50.7 cm³/mol. The van der Waals surface area contributed by atoms with E-state index >= 15 is 0 Å². The summed E-state index contributed by atoms with van der Waals surface area (Å²) in [7, 11) is 0. The average Bonchev–Trinajstić information content (AvgIpc) is 2.35. The van der Waals surface area contributed by atoms with Gasteiger partial charge in [0.25, 0.3) is 0 Å². The zero-order chi connectivity index (χ0) is 13.9. The molecule has 0 aliphatic carbocycles. The minimum absolute atomic E-state index is 0.667. The van der Waals surface area contributed by atoms with Gasteiger partial charge < -0.3 is 44.9 Å². The molecule has 1 rings (SSSR count). The lowest BCUT2D eigenvalue weighted by Crippen LogP contribution is -2.60. The van der Waals surface area contributed by atoms with Crippen LogP contribution in [0.3, 0.4) is 0 Å². The number of ether oxygens (including phenoxy) is 2. The third-order valence-corrected chi connectivity index (χ3v) is 2.58. The fourth-order valence-corrected chi connectivity index (χ4v) is 1.51. The minimum Gasteiger partial charge on any atom is -0.547 e. The normalized spacial score (nSPS) is 38.4. The molecule has 0 aromatic carbocycles. The Hall–Kier alpha value is -0.810. The number of carboxylic acid groups (broad SMARTS) is 1. The minimum atomic E-state index is -1.76. The van der Waals surface area contributed by atoms with E-state index < -0.39 is 56.0 Å². The van der Waals surface area contributed by atoms with Gasteiger partial charge in [0.2, 0.25) is 0 Å². The summed E-state index contributed by atoms with van der Waals surface area (Å²) in [6.07, 6.45) is -9.56. The first kappa shape index (κ1) is 15.2. The van der Waals surface area contributed by atoms with Gasteiger partial charge in [-0.25, -0.2) is 0 Å². The molecule has 1 fully saturated rings. The van der Waals surface area contributed by atoms with Crippen LogP contribution in [-0.2, 0) is 14.3 Å². The van der Waals surface area contributed by atoms with Gasteiger partial charge in [-0.2, -0.15) is 0 Å². The van der Waals surface area contributed by atoms with Crippen molar-refractivity contribution in [2.75, 3.05) is 13.2 Å². The van der Waals surface area contributed by atoms with Crippen molar-refractivity contribution in [1.82, 2.24) is 0 Å². The van der Waals surface area contributed by atoms with Gasteiger partial charge in [0.05, 0.1) is 19.2 Å². The second-order valence-electron chi connectivity index (χ2n) is 3.82. The largest absolute Gasteiger partial charge is 0.547 e. The number of carboxylic acids is 1. The molecule has 5 N–H and O–H groups in total. The molecule has 1 aliphatic heterocycles. The fraction of sp³-hybridized carbons (Fsp3) is 0.889. The van der Waals surface area contributed by atoms with Crippen LogP contribution < -0.4 is 5.11 Å². The zero-order valence-corrected chi connectivity index (χ0v) is 9.25. The Kier molecular flexibility index (Phi) is 5.41. The molecule has 1 aliphatic rings. The van der Waals surface area contributed by atoms with Crippen LogP contribution in [0.4, 0.5) is 0 Å². The summed E-state index contributed by atoms with van der Waals surface area (Å²) in [5.41, 5.74) is 0. The highest BCUT2D eigenvalue weighted by molar-refractivity contribution is 5.70. The first-order valence-corrected chi connectivity index (χ1v) is 5.20. The van der Waals surface area contributed by atoms with E-state index in [9.17, 15) is 25.2 Å². The van der Waals surface area contributed by atoms with Crippen molar-refractivity contribution in [1.29, 1.82) is 0 Å². The number of carbonyl (C=O) groups excluding carboxylic acids is 1. The van der Waals surface area contributed by atoms with Crippen LogP contribution in [0.2, 0.25) is 0 Å². The van der Waals surface area contributed by atoms with Crippen molar-refractivity contribution >= 4 is 5.97 Å². The molecular weight excluding hydrogens is 252 g/mol. The Labute approximate surface area is 102 Å². The monoisotopic (exact) mass is 267 g/mol. The number of aliphatic hydroxyl groups is 5. The van der Waals surface area contributed by atoms with E-state index in [-0.39, 0.29) is 0 Å². The lowest BCUT2D eigenvalue weighted by atomic mass is 9.99. The van der Waals surface area contributed by atoms with E-state index in [2.05, 4.69) is 0 Å². The van der Waals surface area contributed by atoms with Gasteiger partial charge in [0.1, 0.15) is 30.5 Å². The summed E-state index contributed by atoms with van der Waals surface area (Å²) < 4.78 is 9.58. The average molecular weight is 267 g/mol. The lowest BCUT2D eigenvalue weighted by molar-refractivity contribution is -0.344. The van der Waals surface area contributed by atoms with Crippen LogP contribution in [0.15, 0.2) is 0 Å². The Bertz CT molecular complexity index is 281. The topological polar surface area (TPSA) is 160 Å². The molecule has 2 unspecified atom stereocenters. The third kappa shape index (κ3) is 3.14. The summed E-state index contributed by atoms with van der Waals surface area (Å²) in [6.45, 7) is -1.59. The van der Waals surface area contributed by atoms with E-state index in [0.29, 0.717) is 0 Å². The molecule has 1 heterocycles. The van der Waals surface area contributed by atoms with E-state index in [1.54, 1.807) is 0 Å². The Balaban J connectivity index is 2.72. The van der Waals surface area contributed by atoms with Gasteiger partial charge in [0, 0.05) is 0 Å². The number of carbonyl (C=O) groups is 1. The third-order valence-electron chi connectivity index (χ3n) is 2.58. The van der Waals surface area contributed by atoms with Crippen LogP contribution in [0.5, 0.6) is 0 Å². The first-order chi connectivity index (χ1) is 8.42. The van der Waals surface area contributed by atoms with Crippen molar-refractivity contribution in [2.45, 2.75) is 36.8 Å². The standard InChI is InChI=1S/C9H16O9/c10-1-3-5(12)6(13)7(14)9(17-3)18-4(2-11)8(15)16/h3-7,9-14H,1-2H2,(H,15,16)/p-1/t3?,4-,5+,6+,7?,9+/m1/s1. The van der Waals surface area contributed by atoms with Gasteiger partial charge in [-0.3, -0.25) is 0 Å². The van der Waals surface area contributed by atoms with Gasteiger partial charge in [-0.15, -0.1) is 0 Å². The van der Waals surface area contributed by atoms with Crippen LogP contribution in [0, 0.1) is 0 Å². The van der Waals surface area contributed by atoms with Crippen LogP contribution in [-0.4, -0.2) is 81.5 Å². The van der Waals surface area contributed by atoms with E-state index in [0.717, 1.165) is 0 Å². The van der Waals surface area contributed by atoms with Gasteiger partial charge in [0.15, 0.2) is 6.29 Å². The summed E-state index contributed by atoms with van der Waals surface area (Å²) in [4.78, 5) is 10.5. The number of hydrogen-bond acceptors (Lipinski definition) is 9. The quantitative estimate of drug-likeness (QED) is 0.328. The molecule has 106 valence electrons. The van der Waals surface area contributed by atoms with Crippen molar-refractivity contribution < 1.29 is 44.9 Å². The molecular formula is C9H15O9-. The van der Waals surface area contributed by atoms with E-state index in [1.165, 1.54) is 0 Å². The first-order valence-electron chi connectivity index (χ1n) is 5.20. The maximum absolute atomic E-state index is 10.5. The second-order valence-corrected chi connectivity index (χ2v) is 3.82. The molecule has 9 heteroatoms. The van der Waals surface area contributed by atoms with Crippen LogP contribution >= 0.6 is 0 Å². The summed E-state index contributed by atoms with van der Waals surface area (Å²) in [6, 6.07) is 0.